The van der Waals surface area contributed by atoms with Crippen molar-refractivity contribution in [1.29, 1.82) is 0 Å². The van der Waals surface area contributed by atoms with E-state index in [1.165, 1.54) is 34.4 Å². The topological polar surface area (TPSA) is 72.6 Å². The van der Waals surface area contributed by atoms with Crippen LogP contribution in [0.2, 0.25) is 0 Å². The van der Waals surface area contributed by atoms with Crippen LogP contribution < -0.4 is 4.90 Å². The van der Waals surface area contributed by atoms with Gasteiger partial charge in [-0.05, 0) is 48.9 Å². The number of esters is 1. The largest absolute Gasteiger partial charge is 0.454 e. The van der Waals surface area contributed by atoms with Gasteiger partial charge in [-0.3, -0.25) is 9.69 Å². The Morgan fingerprint density at radius 3 is 2.50 bits per heavy atom. The molecule has 0 spiro atoms. The van der Waals surface area contributed by atoms with Crippen LogP contribution in [0, 0.1) is 12.7 Å². The van der Waals surface area contributed by atoms with Crippen molar-refractivity contribution in [2.75, 3.05) is 11.5 Å². The third kappa shape index (κ3) is 5.09. The lowest BCUT2D eigenvalue weighted by Gasteiger charge is -2.20. The number of hydrogen-bond donors (Lipinski definition) is 0. The molecule has 0 bridgehead atoms. The van der Waals surface area contributed by atoms with E-state index in [4.69, 9.17) is 9.15 Å². The molecule has 2 heterocycles. The lowest BCUT2D eigenvalue weighted by molar-refractivity contribution is -0.121. The second-order valence-electron chi connectivity index (χ2n) is 6.97. The Balaban J connectivity index is 1.54. The molecule has 0 atom stereocenters. The molecule has 8 heteroatoms. The average Bonchev–Trinajstić information content (AvgIpc) is 3.46. The van der Waals surface area contributed by atoms with Gasteiger partial charge in [-0.25, -0.2) is 14.2 Å². The summed E-state index contributed by atoms with van der Waals surface area (Å²) in [5.41, 5.74) is 2.26. The summed E-state index contributed by atoms with van der Waals surface area (Å²) in [5, 5.41) is 2.24. The quantitative estimate of drug-likeness (QED) is 0.360. The smallest absolute Gasteiger partial charge is 0.374 e. The summed E-state index contributed by atoms with van der Waals surface area (Å²) in [5.74, 6) is -0.857. The molecule has 0 aliphatic heterocycles. The number of halogens is 1. The zero-order valence-corrected chi connectivity index (χ0v) is 18.0. The molecule has 4 rings (SSSR count). The number of rotatable bonds is 7. The number of anilines is 1. The first-order valence-electron chi connectivity index (χ1n) is 9.79. The van der Waals surface area contributed by atoms with Crippen LogP contribution in [0.25, 0.3) is 11.3 Å². The van der Waals surface area contributed by atoms with E-state index in [0.29, 0.717) is 16.6 Å². The second kappa shape index (κ2) is 9.57. The zero-order chi connectivity index (χ0) is 22.5. The Morgan fingerprint density at radius 2 is 1.81 bits per heavy atom. The minimum Gasteiger partial charge on any atom is -0.454 e. The predicted octanol–water partition coefficient (Wildman–Crippen LogP) is 5.24. The summed E-state index contributed by atoms with van der Waals surface area (Å²) in [7, 11) is 0. The van der Waals surface area contributed by atoms with Crippen LogP contribution in [0.5, 0.6) is 0 Å². The van der Waals surface area contributed by atoms with Crippen molar-refractivity contribution in [2.24, 2.45) is 0 Å². The number of aryl methyl sites for hydroxylation is 1. The van der Waals surface area contributed by atoms with Crippen LogP contribution >= 0.6 is 11.3 Å². The van der Waals surface area contributed by atoms with Gasteiger partial charge in [0.2, 0.25) is 5.76 Å². The molecule has 1 amide bonds. The Bertz CT molecular complexity index is 1220. The van der Waals surface area contributed by atoms with Gasteiger partial charge in [0.25, 0.3) is 5.91 Å². The minimum absolute atomic E-state index is 0.0396. The Hall–Kier alpha value is -3.78. The Kier molecular flexibility index (Phi) is 6.42. The van der Waals surface area contributed by atoms with E-state index >= 15 is 0 Å². The van der Waals surface area contributed by atoms with Crippen molar-refractivity contribution in [3.8, 4) is 11.3 Å². The van der Waals surface area contributed by atoms with Crippen molar-refractivity contribution >= 4 is 28.3 Å². The Labute approximate surface area is 187 Å². The molecule has 32 heavy (non-hydrogen) atoms. The number of carbonyl (C=O) groups excluding carboxylic acids is 2. The third-order valence-electron chi connectivity index (χ3n) is 4.62. The average molecular weight is 450 g/mol. The standard InChI is InChI=1S/C24H19FN2O4S/c1-16-7-12-21(31-16)23(29)30-14-22(28)27(13-17-5-3-2-4-6-17)24-26-20(15-32-24)18-8-10-19(25)11-9-18/h2-12,15H,13-14H2,1H3. The van der Waals surface area contributed by atoms with Gasteiger partial charge in [-0.15, -0.1) is 11.3 Å². The van der Waals surface area contributed by atoms with E-state index in [0.717, 1.165) is 11.1 Å². The van der Waals surface area contributed by atoms with Gasteiger partial charge in [-0.1, -0.05) is 30.3 Å². The molecule has 162 valence electrons. The molecule has 2 aromatic heterocycles. The van der Waals surface area contributed by atoms with Crippen LogP contribution in [0.4, 0.5) is 9.52 Å². The maximum atomic E-state index is 13.2. The van der Waals surface area contributed by atoms with Crippen molar-refractivity contribution < 1.29 is 23.1 Å². The van der Waals surface area contributed by atoms with Gasteiger partial charge in [0.1, 0.15) is 11.6 Å². The van der Waals surface area contributed by atoms with E-state index in [2.05, 4.69) is 4.98 Å². The van der Waals surface area contributed by atoms with Gasteiger partial charge >= 0.3 is 5.97 Å². The first-order chi connectivity index (χ1) is 15.5. The molecule has 6 nitrogen and oxygen atoms in total. The van der Waals surface area contributed by atoms with E-state index in [1.807, 2.05) is 30.3 Å². The number of benzene rings is 2. The lowest BCUT2D eigenvalue weighted by atomic mass is 10.2. The molecule has 0 fully saturated rings. The number of ether oxygens (including phenoxy) is 1. The highest BCUT2D eigenvalue weighted by Gasteiger charge is 2.22. The van der Waals surface area contributed by atoms with E-state index in [-0.39, 0.29) is 18.1 Å². The fraction of sp³-hybridized carbons (Fsp3) is 0.125. The monoisotopic (exact) mass is 450 g/mol. The second-order valence-corrected chi connectivity index (χ2v) is 7.81. The minimum atomic E-state index is -0.711. The normalized spacial score (nSPS) is 10.7. The van der Waals surface area contributed by atoms with Crippen molar-refractivity contribution in [3.63, 3.8) is 0 Å². The number of nitrogens with zero attached hydrogens (tertiary/aromatic N) is 2. The highest BCUT2D eigenvalue weighted by Crippen LogP contribution is 2.29. The zero-order valence-electron chi connectivity index (χ0n) is 17.2. The summed E-state index contributed by atoms with van der Waals surface area (Å²) in [4.78, 5) is 31.2. The van der Waals surface area contributed by atoms with Crippen LogP contribution in [-0.4, -0.2) is 23.5 Å². The molecule has 0 saturated carbocycles. The molecule has 0 radical (unpaired) electrons. The van der Waals surface area contributed by atoms with Crippen molar-refractivity contribution in [2.45, 2.75) is 13.5 Å². The van der Waals surface area contributed by atoms with E-state index in [9.17, 15) is 14.0 Å². The molecular formula is C24H19FN2O4S. The maximum Gasteiger partial charge on any atom is 0.374 e. The predicted molar refractivity (Wildman–Crippen MR) is 119 cm³/mol. The van der Waals surface area contributed by atoms with Gasteiger partial charge < -0.3 is 9.15 Å². The number of aromatic nitrogens is 1. The van der Waals surface area contributed by atoms with Gasteiger partial charge in [-0.2, -0.15) is 0 Å². The van der Waals surface area contributed by atoms with Gasteiger partial charge in [0.15, 0.2) is 11.7 Å². The number of furan rings is 1. The number of amides is 1. The number of hydrogen-bond acceptors (Lipinski definition) is 6. The molecule has 0 N–H and O–H groups in total. The number of carbonyl (C=O) groups is 2. The van der Waals surface area contributed by atoms with Crippen LogP contribution in [0.3, 0.4) is 0 Å². The summed E-state index contributed by atoms with van der Waals surface area (Å²) < 4.78 is 23.6. The fourth-order valence-electron chi connectivity index (χ4n) is 2.99. The molecule has 2 aromatic carbocycles. The number of thiazole rings is 1. The molecule has 0 saturated heterocycles. The van der Waals surface area contributed by atoms with E-state index in [1.54, 1.807) is 30.5 Å². The summed E-state index contributed by atoms with van der Waals surface area (Å²) in [6.45, 7) is 1.51. The third-order valence-corrected chi connectivity index (χ3v) is 5.48. The van der Waals surface area contributed by atoms with Gasteiger partial charge in [0.05, 0.1) is 12.2 Å². The fourth-order valence-corrected chi connectivity index (χ4v) is 3.84. The maximum absolute atomic E-state index is 13.2. The van der Waals surface area contributed by atoms with Crippen LogP contribution in [-0.2, 0) is 16.1 Å². The van der Waals surface area contributed by atoms with Gasteiger partial charge in [0, 0.05) is 10.9 Å². The first kappa shape index (κ1) is 21.5. The summed E-state index contributed by atoms with van der Waals surface area (Å²) in [6, 6.07) is 18.6. The van der Waals surface area contributed by atoms with Crippen LogP contribution in [0.1, 0.15) is 21.9 Å². The van der Waals surface area contributed by atoms with Crippen molar-refractivity contribution in [1.82, 2.24) is 4.98 Å². The Morgan fingerprint density at radius 1 is 1.06 bits per heavy atom. The molecule has 0 unspecified atom stereocenters. The summed E-state index contributed by atoms with van der Waals surface area (Å²) in [6.07, 6.45) is 0. The highest BCUT2D eigenvalue weighted by molar-refractivity contribution is 7.14. The lowest BCUT2D eigenvalue weighted by Crippen LogP contribution is -2.34. The highest BCUT2D eigenvalue weighted by atomic mass is 32.1. The van der Waals surface area contributed by atoms with Crippen LogP contribution in [0.15, 0.2) is 76.5 Å². The molecule has 0 aliphatic rings. The molecular weight excluding hydrogens is 431 g/mol. The van der Waals surface area contributed by atoms with Crippen molar-refractivity contribution in [3.05, 3.63) is 95.0 Å². The SMILES string of the molecule is Cc1ccc(C(=O)OCC(=O)N(Cc2ccccc2)c2nc(-c3ccc(F)cc3)cs2)o1. The first-order valence-corrected chi connectivity index (χ1v) is 10.7. The molecule has 4 aromatic rings. The molecule has 0 aliphatic carbocycles. The van der Waals surface area contributed by atoms with E-state index < -0.39 is 18.5 Å². The summed E-state index contributed by atoms with van der Waals surface area (Å²) >= 11 is 1.28.